The Labute approximate surface area is 154 Å². The maximum Gasteiger partial charge on any atom is 0.243 e. The van der Waals surface area contributed by atoms with Crippen LogP contribution in [0.1, 0.15) is 19.3 Å². The van der Waals surface area contributed by atoms with Crippen LogP contribution in [-0.2, 0) is 19.6 Å². The third-order valence-corrected chi connectivity index (χ3v) is 6.57. The van der Waals surface area contributed by atoms with Crippen LogP contribution in [0.3, 0.4) is 0 Å². The van der Waals surface area contributed by atoms with E-state index < -0.39 is 10.0 Å². The summed E-state index contributed by atoms with van der Waals surface area (Å²) in [5.41, 5.74) is 0.376. The Balaban J connectivity index is 1.84. The number of ether oxygens (including phenoxy) is 2. The molecule has 1 N–H and O–H groups in total. The van der Waals surface area contributed by atoms with E-state index in [2.05, 4.69) is 11.4 Å². The fourth-order valence-corrected chi connectivity index (χ4v) is 4.58. The van der Waals surface area contributed by atoms with Crippen LogP contribution < -0.4 is 10.1 Å². The van der Waals surface area contributed by atoms with Crippen molar-refractivity contribution in [2.75, 3.05) is 38.7 Å². The molecule has 0 aromatic heterocycles. The fraction of sp³-hybridized carbons (Fsp3) is 0.500. The van der Waals surface area contributed by atoms with Crippen molar-refractivity contribution < 1.29 is 22.7 Å². The average molecular weight is 380 g/mol. The Morgan fingerprint density at radius 2 is 2.04 bits per heavy atom. The zero-order chi connectivity index (χ0) is 18.6. The van der Waals surface area contributed by atoms with Crippen molar-refractivity contribution in [2.45, 2.75) is 24.2 Å². The van der Waals surface area contributed by atoms with Gasteiger partial charge in [-0.15, -0.1) is 0 Å². The van der Waals surface area contributed by atoms with Gasteiger partial charge >= 0.3 is 0 Å². The molecule has 142 valence electrons. The van der Waals surface area contributed by atoms with Crippen LogP contribution in [0.25, 0.3) is 0 Å². The van der Waals surface area contributed by atoms with Crippen molar-refractivity contribution in [1.82, 2.24) is 4.31 Å². The van der Waals surface area contributed by atoms with Crippen LogP contribution in [-0.4, -0.2) is 52.0 Å². The van der Waals surface area contributed by atoms with Crippen LogP contribution in [0.15, 0.2) is 35.2 Å². The first kappa shape index (κ1) is 18.9. The largest absolute Gasteiger partial charge is 0.495 e. The fourth-order valence-electron chi connectivity index (χ4n) is 3.15. The van der Waals surface area contributed by atoms with Gasteiger partial charge in [-0.1, -0.05) is 12.2 Å². The maximum atomic E-state index is 12.8. The van der Waals surface area contributed by atoms with Crippen molar-refractivity contribution >= 4 is 21.6 Å². The van der Waals surface area contributed by atoms with Crippen LogP contribution in [0.2, 0.25) is 0 Å². The summed E-state index contributed by atoms with van der Waals surface area (Å²) < 4.78 is 37.6. The normalized spacial score (nSPS) is 21.3. The number of carbonyl (C=O) groups excluding carboxylic acids is 1. The zero-order valence-electron chi connectivity index (χ0n) is 14.8. The second kappa shape index (κ2) is 8.20. The van der Waals surface area contributed by atoms with Gasteiger partial charge in [0.2, 0.25) is 15.9 Å². The number of carbonyl (C=O) groups is 1. The lowest BCUT2D eigenvalue weighted by atomic mass is 9.93. The van der Waals surface area contributed by atoms with Crippen LogP contribution in [0, 0.1) is 5.92 Å². The summed E-state index contributed by atoms with van der Waals surface area (Å²) in [6, 6.07) is 4.55. The predicted molar refractivity (Wildman–Crippen MR) is 97.7 cm³/mol. The van der Waals surface area contributed by atoms with Gasteiger partial charge < -0.3 is 14.8 Å². The Hall–Kier alpha value is -1.90. The van der Waals surface area contributed by atoms with Crippen molar-refractivity contribution in [3.8, 4) is 5.75 Å². The molecule has 0 bridgehead atoms. The highest BCUT2D eigenvalue weighted by Crippen LogP contribution is 2.30. The molecule has 0 radical (unpaired) electrons. The molecule has 1 aliphatic carbocycles. The van der Waals surface area contributed by atoms with Gasteiger partial charge in [0, 0.05) is 19.0 Å². The molecular formula is C18H24N2O5S. The van der Waals surface area contributed by atoms with Crippen LogP contribution in [0.4, 0.5) is 5.69 Å². The molecule has 1 fully saturated rings. The highest BCUT2D eigenvalue weighted by atomic mass is 32.2. The molecule has 3 rings (SSSR count). The molecule has 0 spiro atoms. The number of amides is 1. The third kappa shape index (κ3) is 4.08. The molecular weight excluding hydrogens is 356 g/mol. The summed E-state index contributed by atoms with van der Waals surface area (Å²) >= 11 is 0. The molecule has 0 saturated carbocycles. The number of nitrogens with zero attached hydrogens (tertiary/aromatic N) is 1. The predicted octanol–water partition coefficient (Wildman–Crippen LogP) is 2.01. The minimum Gasteiger partial charge on any atom is -0.495 e. The van der Waals surface area contributed by atoms with Crippen molar-refractivity contribution in [3.63, 3.8) is 0 Å². The maximum absolute atomic E-state index is 12.8. The minimum atomic E-state index is -3.63. The summed E-state index contributed by atoms with van der Waals surface area (Å²) in [6.07, 6.45) is 6.43. The first-order valence-corrected chi connectivity index (χ1v) is 10.2. The number of methoxy groups -OCH3 is 1. The Morgan fingerprint density at radius 3 is 2.69 bits per heavy atom. The highest BCUT2D eigenvalue weighted by Gasteiger charge is 2.28. The topological polar surface area (TPSA) is 84.9 Å². The monoisotopic (exact) mass is 380 g/mol. The smallest absolute Gasteiger partial charge is 0.243 e. The standard InChI is InChI=1S/C18H24N2O5S/c1-24-17-8-7-15(26(22,23)20-9-11-25-12-10-20)13-16(17)19-18(21)14-5-3-2-4-6-14/h2-3,7-8,13-14H,4-6,9-12H2,1H3,(H,19,21). The summed E-state index contributed by atoms with van der Waals surface area (Å²) in [4.78, 5) is 12.7. The Morgan fingerprint density at radius 1 is 1.27 bits per heavy atom. The second-order valence-corrected chi connectivity index (χ2v) is 8.29. The lowest BCUT2D eigenvalue weighted by Gasteiger charge is -2.26. The van der Waals surface area contributed by atoms with E-state index in [0.29, 0.717) is 44.2 Å². The van der Waals surface area contributed by atoms with Gasteiger partial charge in [-0.25, -0.2) is 8.42 Å². The lowest BCUT2D eigenvalue weighted by molar-refractivity contribution is -0.120. The van der Waals surface area contributed by atoms with Gasteiger partial charge in [0.15, 0.2) is 0 Å². The lowest BCUT2D eigenvalue weighted by Crippen LogP contribution is -2.40. The van der Waals surface area contributed by atoms with E-state index in [4.69, 9.17) is 9.47 Å². The number of sulfonamides is 1. The zero-order valence-corrected chi connectivity index (χ0v) is 15.6. The molecule has 26 heavy (non-hydrogen) atoms. The van der Waals surface area contributed by atoms with E-state index in [-0.39, 0.29) is 16.7 Å². The van der Waals surface area contributed by atoms with E-state index in [0.717, 1.165) is 12.8 Å². The summed E-state index contributed by atoms with van der Waals surface area (Å²) in [5, 5.41) is 2.84. The van der Waals surface area contributed by atoms with Crippen molar-refractivity contribution in [2.24, 2.45) is 5.92 Å². The van der Waals surface area contributed by atoms with E-state index in [1.807, 2.05) is 6.08 Å². The van der Waals surface area contributed by atoms with Gasteiger partial charge in [-0.3, -0.25) is 4.79 Å². The minimum absolute atomic E-state index is 0.107. The first-order valence-electron chi connectivity index (χ1n) is 8.74. The van der Waals surface area contributed by atoms with Gasteiger partial charge in [-0.05, 0) is 37.5 Å². The summed E-state index contributed by atoms with van der Waals surface area (Å²) in [5.74, 6) is 0.211. The number of hydrogen-bond acceptors (Lipinski definition) is 5. The number of rotatable bonds is 5. The molecule has 1 heterocycles. The average Bonchev–Trinajstić information content (AvgIpc) is 2.69. The van der Waals surface area contributed by atoms with E-state index >= 15 is 0 Å². The van der Waals surface area contributed by atoms with Gasteiger partial charge in [-0.2, -0.15) is 4.31 Å². The number of benzene rings is 1. The molecule has 1 aromatic rings. The second-order valence-electron chi connectivity index (χ2n) is 6.35. The van der Waals surface area contributed by atoms with Crippen LogP contribution >= 0.6 is 0 Å². The molecule has 1 saturated heterocycles. The molecule has 1 unspecified atom stereocenters. The number of anilines is 1. The highest BCUT2D eigenvalue weighted by molar-refractivity contribution is 7.89. The van der Waals surface area contributed by atoms with Gasteiger partial charge in [0.1, 0.15) is 5.75 Å². The molecule has 7 nitrogen and oxygen atoms in total. The molecule has 8 heteroatoms. The molecule has 1 atom stereocenters. The Kier molecular flexibility index (Phi) is 5.95. The molecule has 1 amide bonds. The molecule has 1 aromatic carbocycles. The van der Waals surface area contributed by atoms with E-state index in [9.17, 15) is 13.2 Å². The van der Waals surface area contributed by atoms with E-state index in [1.54, 1.807) is 6.07 Å². The van der Waals surface area contributed by atoms with E-state index in [1.165, 1.54) is 23.5 Å². The number of hydrogen-bond donors (Lipinski definition) is 1. The van der Waals surface area contributed by atoms with Crippen LogP contribution in [0.5, 0.6) is 5.75 Å². The number of allylic oxidation sites excluding steroid dienone is 2. The summed E-state index contributed by atoms with van der Waals surface area (Å²) in [6.45, 7) is 1.41. The van der Waals surface area contributed by atoms with Gasteiger partial charge in [0.05, 0.1) is 30.9 Å². The number of nitrogens with one attached hydrogen (secondary N) is 1. The SMILES string of the molecule is COc1ccc(S(=O)(=O)N2CCOCC2)cc1NC(=O)C1CC=CCC1. The first-order chi connectivity index (χ1) is 12.5. The molecule has 2 aliphatic rings. The van der Waals surface area contributed by atoms with Crippen molar-refractivity contribution in [1.29, 1.82) is 0 Å². The Bertz CT molecular complexity index is 785. The summed E-state index contributed by atoms with van der Waals surface area (Å²) in [7, 11) is -2.14. The molecule has 1 aliphatic heterocycles. The third-order valence-electron chi connectivity index (χ3n) is 4.68. The van der Waals surface area contributed by atoms with Crippen molar-refractivity contribution in [3.05, 3.63) is 30.4 Å². The van der Waals surface area contributed by atoms with Gasteiger partial charge in [0.25, 0.3) is 0 Å². The number of morpholine rings is 1. The quantitative estimate of drug-likeness (QED) is 0.790.